The standard InChI is InChI=1S/C19H23N3O3S2/c1-13-16(27-17(20-13)15-5-3-11-26-15)19(24)22-6-2-4-14(12-22)18(23)21-7-9-25-10-8-21/h3,5,11,14H,2,4,6-10,12H2,1H3. The van der Waals surface area contributed by atoms with Crippen molar-refractivity contribution in [3.8, 4) is 9.88 Å². The monoisotopic (exact) mass is 405 g/mol. The Bertz CT molecular complexity index is 812. The second-order valence-electron chi connectivity index (χ2n) is 6.94. The van der Waals surface area contributed by atoms with Crippen LogP contribution < -0.4 is 0 Å². The quantitative estimate of drug-likeness (QED) is 0.788. The molecule has 144 valence electrons. The highest BCUT2D eigenvalue weighted by molar-refractivity contribution is 7.22. The zero-order valence-corrected chi connectivity index (χ0v) is 17.0. The number of carbonyl (C=O) groups excluding carboxylic acids is 2. The summed E-state index contributed by atoms with van der Waals surface area (Å²) in [6.45, 7) is 5.61. The molecule has 0 aliphatic carbocycles. The Kier molecular flexibility index (Phi) is 5.56. The van der Waals surface area contributed by atoms with Crippen LogP contribution in [0, 0.1) is 12.8 Å². The number of hydrogen-bond donors (Lipinski definition) is 0. The van der Waals surface area contributed by atoms with E-state index in [4.69, 9.17) is 4.74 Å². The predicted octanol–water partition coefficient (Wildman–Crippen LogP) is 2.89. The first-order valence-electron chi connectivity index (χ1n) is 9.30. The van der Waals surface area contributed by atoms with Gasteiger partial charge in [-0.2, -0.15) is 0 Å². The van der Waals surface area contributed by atoms with Gasteiger partial charge in [0.25, 0.3) is 5.91 Å². The van der Waals surface area contributed by atoms with E-state index in [9.17, 15) is 9.59 Å². The SMILES string of the molecule is Cc1nc(-c2cccs2)sc1C(=O)N1CCCC(C(=O)N2CCOCC2)C1. The van der Waals surface area contributed by atoms with E-state index in [2.05, 4.69) is 4.98 Å². The van der Waals surface area contributed by atoms with E-state index >= 15 is 0 Å². The third-order valence-corrected chi connectivity index (χ3v) is 7.29. The number of hydrogen-bond acceptors (Lipinski definition) is 6. The molecule has 27 heavy (non-hydrogen) atoms. The predicted molar refractivity (Wildman–Crippen MR) is 106 cm³/mol. The van der Waals surface area contributed by atoms with E-state index in [-0.39, 0.29) is 17.7 Å². The van der Waals surface area contributed by atoms with Crippen molar-refractivity contribution in [3.05, 3.63) is 28.1 Å². The maximum absolute atomic E-state index is 13.1. The molecule has 2 aromatic heterocycles. The Morgan fingerprint density at radius 3 is 2.78 bits per heavy atom. The first kappa shape index (κ1) is 18.6. The van der Waals surface area contributed by atoms with Crippen LogP contribution in [0.3, 0.4) is 0 Å². The number of carbonyl (C=O) groups is 2. The van der Waals surface area contributed by atoms with E-state index in [0.29, 0.717) is 44.3 Å². The minimum Gasteiger partial charge on any atom is -0.378 e. The van der Waals surface area contributed by atoms with Gasteiger partial charge in [-0.15, -0.1) is 22.7 Å². The Hall–Kier alpha value is -1.77. The molecule has 0 radical (unpaired) electrons. The average Bonchev–Trinajstić information content (AvgIpc) is 3.37. The number of nitrogens with zero attached hydrogens (tertiary/aromatic N) is 3. The first-order valence-corrected chi connectivity index (χ1v) is 11.0. The van der Waals surface area contributed by atoms with E-state index in [1.54, 1.807) is 11.3 Å². The molecular weight excluding hydrogens is 382 g/mol. The fourth-order valence-corrected chi connectivity index (χ4v) is 5.48. The highest BCUT2D eigenvalue weighted by atomic mass is 32.1. The van der Waals surface area contributed by atoms with E-state index in [1.165, 1.54) is 11.3 Å². The lowest BCUT2D eigenvalue weighted by molar-refractivity contribution is -0.141. The molecule has 0 N–H and O–H groups in total. The number of thiazole rings is 1. The highest BCUT2D eigenvalue weighted by Gasteiger charge is 2.33. The van der Waals surface area contributed by atoms with Gasteiger partial charge in [-0.3, -0.25) is 9.59 Å². The normalized spacial score (nSPS) is 20.7. The van der Waals surface area contributed by atoms with Crippen LogP contribution >= 0.6 is 22.7 Å². The van der Waals surface area contributed by atoms with Crippen molar-refractivity contribution in [2.75, 3.05) is 39.4 Å². The third kappa shape index (κ3) is 3.93. The zero-order chi connectivity index (χ0) is 18.8. The molecule has 4 heterocycles. The number of amides is 2. The van der Waals surface area contributed by atoms with E-state index in [0.717, 1.165) is 28.4 Å². The lowest BCUT2D eigenvalue weighted by Crippen LogP contribution is -2.49. The number of aryl methyl sites for hydroxylation is 1. The number of morpholine rings is 1. The number of likely N-dealkylation sites (tertiary alicyclic amines) is 1. The van der Waals surface area contributed by atoms with Gasteiger partial charge in [-0.05, 0) is 31.2 Å². The van der Waals surface area contributed by atoms with Crippen LogP contribution in [-0.2, 0) is 9.53 Å². The molecule has 0 bridgehead atoms. The molecule has 4 rings (SSSR count). The van der Waals surface area contributed by atoms with Crippen molar-refractivity contribution in [3.63, 3.8) is 0 Å². The molecule has 2 aliphatic rings. The van der Waals surface area contributed by atoms with Crippen LogP contribution in [0.5, 0.6) is 0 Å². The number of ether oxygens (including phenoxy) is 1. The molecule has 2 fully saturated rings. The number of aromatic nitrogens is 1. The van der Waals surface area contributed by atoms with Gasteiger partial charge in [0.05, 0.1) is 29.7 Å². The second-order valence-corrected chi connectivity index (χ2v) is 8.89. The van der Waals surface area contributed by atoms with Crippen LogP contribution in [0.15, 0.2) is 17.5 Å². The Morgan fingerprint density at radius 1 is 1.22 bits per heavy atom. The highest BCUT2D eigenvalue weighted by Crippen LogP contribution is 2.32. The maximum atomic E-state index is 13.1. The molecule has 1 atom stereocenters. The first-order chi connectivity index (χ1) is 13.1. The van der Waals surface area contributed by atoms with Crippen molar-refractivity contribution < 1.29 is 14.3 Å². The molecule has 0 spiro atoms. The molecule has 0 aromatic carbocycles. The van der Waals surface area contributed by atoms with Crippen molar-refractivity contribution >= 4 is 34.5 Å². The number of rotatable bonds is 3. The number of piperidine rings is 1. The minimum absolute atomic E-state index is 0.00674. The van der Waals surface area contributed by atoms with Crippen molar-refractivity contribution in [2.24, 2.45) is 5.92 Å². The van der Waals surface area contributed by atoms with Crippen LogP contribution in [0.4, 0.5) is 0 Å². The maximum Gasteiger partial charge on any atom is 0.265 e. The van der Waals surface area contributed by atoms with Gasteiger partial charge in [-0.1, -0.05) is 6.07 Å². The van der Waals surface area contributed by atoms with Crippen LogP contribution in [-0.4, -0.2) is 66.0 Å². The topological polar surface area (TPSA) is 62.7 Å². The summed E-state index contributed by atoms with van der Waals surface area (Å²) in [7, 11) is 0. The van der Waals surface area contributed by atoms with Gasteiger partial charge in [0.2, 0.25) is 5.91 Å². The van der Waals surface area contributed by atoms with Crippen LogP contribution in [0.2, 0.25) is 0 Å². The summed E-state index contributed by atoms with van der Waals surface area (Å²) in [6.07, 6.45) is 1.71. The molecule has 2 aliphatic heterocycles. The fourth-order valence-electron chi connectivity index (χ4n) is 3.65. The number of thiophene rings is 1. The van der Waals surface area contributed by atoms with Gasteiger partial charge >= 0.3 is 0 Å². The molecule has 0 saturated carbocycles. The van der Waals surface area contributed by atoms with Gasteiger partial charge in [0.15, 0.2) is 0 Å². The van der Waals surface area contributed by atoms with Crippen molar-refractivity contribution in [2.45, 2.75) is 19.8 Å². The molecule has 8 heteroatoms. The average molecular weight is 406 g/mol. The second kappa shape index (κ2) is 8.08. The molecule has 2 aromatic rings. The van der Waals surface area contributed by atoms with Gasteiger partial charge in [0, 0.05) is 26.2 Å². The molecular formula is C19H23N3O3S2. The van der Waals surface area contributed by atoms with Crippen LogP contribution in [0.25, 0.3) is 9.88 Å². The molecule has 1 unspecified atom stereocenters. The third-order valence-electron chi connectivity index (χ3n) is 5.10. The summed E-state index contributed by atoms with van der Waals surface area (Å²) in [4.78, 5) is 36.0. The summed E-state index contributed by atoms with van der Waals surface area (Å²) in [6, 6.07) is 4.01. The lowest BCUT2D eigenvalue weighted by atomic mass is 9.96. The Labute approximate surface area is 166 Å². The fraction of sp³-hybridized carbons (Fsp3) is 0.526. The smallest absolute Gasteiger partial charge is 0.265 e. The lowest BCUT2D eigenvalue weighted by Gasteiger charge is -2.36. The molecule has 2 saturated heterocycles. The summed E-state index contributed by atoms with van der Waals surface area (Å²) in [5, 5.41) is 2.91. The van der Waals surface area contributed by atoms with Crippen molar-refractivity contribution in [1.82, 2.24) is 14.8 Å². The largest absolute Gasteiger partial charge is 0.378 e. The van der Waals surface area contributed by atoms with Crippen LogP contribution in [0.1, 0.15) is 28.2 Å². The van der Waals surface area contributed by atoms with Gasteiger partial charge in [-0.25, -0.2) is 4.98 Å². The Morgan fingerprint density at radius 2 is 2.04 bits per heavy atom. The summed E-state index contributed by atoms with van der Waals surface area (Å²) in [5.41, 5.74) is 0.773. The molecule has 6 nitrogen and oxygen atoms in total. The van der Waals surface area contributed by atoms with Gasteiger partial charge < -0.3 is 14.5 Å². The summed E-state index contributed by atoms with van der Waals surface area (Å²) >= 11 is 3.08. The van der Waals surface area contributed by atoms with E-state index < -0.39 is 0 Å². The minimum atomic E-state index is -0.106. The zero-order valence-electron chi connectivity index (χ0n) is 15.3. The van der Waals surface area contributed by atoms with Crippen molar-refractivity contribution in [1.29, 1.82) is 0 Å². The molecule has 2 amide bonds. The van der Waals surface area contributed by atoms with E-state index in [1.807, 2.05) is 34.2 Å². The summed E-state index contributed by atoms with van der Waals surface area (Å²) in [5.74, 6) is 0.0641. The Balaban J connectivity index is 1.46. The summed E-state index contributed by atoms with van der Waals surface area (Å²) < 4.78 is 5.34. The van der Waals surface area contributed by atoms with Gasteiger partial charge in [0.1, 0.15) is 9.88 Å².